The highest BCUT2D eigenvalue weighted by atomic mass is 16.5. The molecule has 7 heteroatoms. The van der Waals surface area contributed by atoms with E-state index in [9.17, 15) is 9.90 Å². The molecular weight excluding hydrogens is 488 g/mol. The molecule has 4 atom stereocenters. The molecule has 204 valence electrons. The second kappa shape index (κ2) is 8.83. The lowest BCUT2D eigenvalue weighted by Crippen LogP contribution is -2.37. The summed E-state index contributed by atoms with van der Waals surface area (Å²) >= 11 is 0. The summed E-state index contributed by atoms with van der Waals surface area (Å²) in [5.41, 5.74) is 10.8. The molecule has 1 saturated heterocycles. The molecule has 3 aromatic rings. The first-order valence-electron chi connectivity index (χ1n) is 13.9. The third kappa shape index (κ3) is 3.51. The Labute approximate surface area is 228 Å². The Morgan fingerprint density at radius 2 is 1.46 bits per heavy atom. The predicted molar refractivity (Wildman–Crippen MR) is 154 cm³/mol. The van der Waals surface area contributed by atoms with Crippen molar-refractivity contribution >= 4 is 35.5 Å². The Balaban J connectivity index is 1.74. The van der Waals surface area contributed by atoms with E-state index >= 15 is 0 Å². The van der Waals surface area contributed by atoms with Gasteiger partial charge in [0, 0.05) is 44.6 Å². The van der Waals surface area contributed by atoms with Crippen LogP contribution in [0.2, 0.25) is 0 Å². The van der Waals surface area contributed by atoms with Gasteiger partial charge in [0.1, 0.15) is 11.7 Å². The molecular formula is C32H38N4O3. The molecule has 39 heavy (non-hydrogen) atoms. The third-order valence-electron chi connectivity index (χ3n) is 9.70. The van der Waals surface area contributed by atoms with Crippen LogP contribution in [0.3, 0.4) is 0 Å². The highest BCUT2D eigenvalue weighted by molar-refractivity contribution is 5.95. The van der Waals surface area contributed by atoms with Gasteiger partial charge in [-0.05, 0) is 92.2 Å². The zero-order valence-corrected chi connectivity index (χ0v) is 24.0. The summed E-state index contributed by atoms with van der Waals surface area (Å²) in [6.07, 6.45) is 7.47. The fourth-order valence-electron chi connectivity index (χ4n) is 6.92. The topological polar surface area (TPSA) is 106 Å². The largest absolute Gasteiger partial charge is 0.510 e. The van der Waals surface area contributed by atoms with Gasteiger partial charge in [-0.15, -0.1) is 0 Å². The van der Waals surface area contributed by atoms with Gasteiger partial charge in [0.05, 0.1) is 18.5 Å². The number of aliphatic hydroxyl groups is 1. The first-order chi connectivity index (χ1) is 18.6. The number of carbonyl (C=O) groups excluding carboxylic acids is 1. The minimum atomic E-state index is -0.835. The van der Waals surface area contributed by atoms with Crippen LogP contribution >= 0.6 is 0 Å². The summed E-state index contributed by atoms with van der Waals surface area (Å²) in [6.45, 7) is 15.0. The van der Waals surface area contributed by atoms with Crippen LogP contribution in [-0.2, 0) is 9.53 Å². The van der Waals surface area contributed by atoms with Crippen LogP contribution in [0.1, 0.15) is 65.2 Å². The standard InChI is InChI=1S/C32H38N4O3/c1-9-19-17(6)24-11-22-15(4)13(2)20(33-22)10-21-14(3)16(5)23(34-21)12-25-18(7)26-30(36-25)27(29(19)35-24)28(31(26)37)32(38)39-8/h10-12,17,19,28-29,33-37H,9H2,1-8H3/b21-10-,23-12-,24-11-/t17-,19-,28+,29?/m0/s1. The van der Waals surface area contributed by atoms with Crippen LogP contribution < -0.4 is 26.6 Å². The molecule has 1 fully saturated rings. The third-order valence-corrected chi connectivity index (χ3v) is 9.70. The number of aliphatic hydroxyl groups excluding tert-OH is 1. The molecule has 5 heterocycles. The lowest BCUT2D eigenvalue weighted by atomic mass is 9.81. The van der Waals surface area contributed by atoms with Crippen molar-refractivity contribution in [2.24, 2.45) is 17.8 Å². The molecule has 3 aliphatic rings. The molecule has 0 aromatic carbocycles. The van der Waals surface area contributed by atoms with Gasteiger partial charge in [0.15, 0.2) is 0 Å². The maximum Gasteiger partial charge on any atom is 0.320 e. The number of allylic oxidation sites excluding steroid dienone is 1. The predicted octanol–water partition coefficient (Wildman–Crippen LogP) is 2.48. The van der Waals surface area contributed by atoms with Crippen molar-refractivity contribution in [3.63, 3.8) is 0 Å². The molecule has 0 spiro atoms. The van der Waals surface area contributed by atoms with Crippen LogP contribution in [0.25, 0.3) is 29.6 Å². The smallest absolute Gasteiger partial charge is 0.320 e. The van der Waals surface area contributed by atoms with E-state index in [-0.39, 0.29) is 23.6 Å². The van der Waals surface area contributed by atoms with E-state index in [1.165, 1.54) is 29.4 Å². The van der Waals surface area contributed by atoms with Crippen LogP contribution in [-0.4, -0.2) is 39.2 Å². The Morgan fingerprint density at radius 1 is 0.872 bits per heavy atom. The molecule has 2 aliphatic heterocycles. The van der Waals surface area contributed by atoms with Crippen molar-refractivity contribution in [2.75, 3.05) is 7.11 Å². The summed E-state index contributed by atoms with van der Waals surface area (Å²) in [4.78, 5) is 24.0. The average molecular weight is 527 g/mol. The Kier molecular flexibility index (Phi) is 5.75. The summed E-state index contributed by atoms with van der Waals surface area (Å²) in [6, 6.07) is -0.133. The number of carbonyl (C=O) groups is 1. The van der Waals surface area contributed by atoms with Crippen LogP contribution in [0.4, 0.5) is 0 Å². The number of aromatic amines is 3. The number of methoxy groups -OCH3 is 1. The number of hydrogen-bond acceptors (Lipinski definition) is 4. The van der Waals surface area contributed by atoms with E-state index < -0.39 is 11.9 Å². The maximum absolute atomic E-state index is 13.1. The molecule has 7 nitrogen and oxygen atoms in total. The molecule has 5 N–H and O–H groups in total. The lowest BCUT2D eigenvalue weighted by molar-refractivity contribution is -0.142. The fraction of sp³-hybridized carbons (Fsp3) is 0.406. The Hall–Kier alpha value is -3.87. The van der Waals surface area contributed by atoms with Gasteiger partial charge < -0.3 is 30.1 Å². The van der Waals surface area contributed by atoms with Gasteiger partial charge in [-0.2, -0.15) is 0 Å². The Bertz CT molecular complexity index is 1830. The first kappa shape index (κ1) is 25.4. The molecule has 3 aromatic heterocycles. The van der Waals surface area contributed by atoms with Crippen molar-refractivity contribution in [3.05, 3.63) is 71.9 Å². The van der Waals surface area contributed by atoms with Gasteiger partial charge in [0.2, 0.25) is 0 Å². The van der Waals surface area contributed by atoms with Crippen molar-refractivity contribution in [1.29, 1.82) is 0 Å². The zero-order chi connectivity index (χ0) is 27.9. The maximum atomic E-state index is 13.1. The number of hydrogen-bond donors (Lipinski definition) is 5. The number of H-pyrrole nitrogens is 3. The van der Waals surface area contributed by atoms with Crippen molar-refractivity contribution in [3.8, 4) is 0 Å². The first-order valence-corrected chi connectivity index (χ1v) is 13.9. The van der Waals surface area contributed by atoms with Gasteiger partial charge in [-0.1, -0.05) is 20.3 Å². The number of nitrogens with one attached hydrogen (secondary N) is 4. The van der Waals surface area contributed by atoms with Crippen LogP contribution in [0.15, 0.2) is 5.70 Å². The molecule has 1 aliphatic carbocycles. The molecule has 8 bridgehead atoms. The molecule has 0 amide bonds. The summed E-state index contributed by atoms with van der Waals surface area (Å²) in [5.74, 6) is -0.735. The van der Waals surface area contributed by atoms with Crippen molar-refractivity contribution in [1.82, 2.24) is 20.3 Å². The quantitative estimate of drug-likeness (QED) is 0.331. The van der Waals surface area contributed by atoms with Gasteiger partial charge in [-0.3, -0.25) is 4.79 Å². The summed E-state index contributed by atoms with van der Waals surface area (Å²) in [7, 11) is 1.39. The average Bonchev–Trinajstić information content (AvgIpc) is 3.64. The minimum absolute atomic E-state index is 0.0667. The molecule has 1 unspecified atom stereocenters. The van der Waals surface area contributed by atoms with Crippen LogP contribution in [0, 0.1) is 52.4 Å². The molecule has 6 rings (SSSR count). The number of fused-ring (bicyclic) bond motifs is 8. The normalized spacial score (nSPS) is 26.4. The number of ether oxygens (including phenoxy) is 1. The van der Waals surface area contributed by atoms with E-state index in [0.717, 1.165) is 56.4 Å². The second-order valence-electron chi connectivity index (χ2n) is 11.5. The summed E-state index contributed by atoms with van der Waals surface area (Å²) in [5, 5.41) is 18.9. The highest BCUT2D eigenvalue weighted by Crippen LogP contribution is 2.41. The van der Waals surface area contributed by atoms with Crippen LogP contribution in [0.5, 0.6) is 0 Å². The minimum Gasteiger partial charge on any atom is -0.510 e. The number of aromatic nitrogens is 3. The number of rotatable bonds is 2. The number of esters is 1. The fourth-order valence-corrected chi connectivity index (χ4v) is 6.92. The van der Waals surface area contributed by atoms with E-state index in [2.05, 4.69) is 80.0 Å². The lowest BCUT2D eigenvalue weighted by Gasteiger charge is -2.25. The van der Waals surface area contributed by atoms with E-state index in [0.29, 0.717) is 5.22 Å². The van der Waals surface area contributed by atoms with Gasteiger partial charge >= 0.3 is 5.97 Å². The second-order valence-corrected chi connectivity index (χ2v) is 11.5. The summed E-state index contributed by atoms with van der Waals surface area (Å²) < 4.78 is 5.22. The van der Waals surface area contributed by atoms with E-state index in [1.807, 2.05) is 6.92 Å². The van der Waals surface area contributed by atoms with Gasteiger partial charge in [-0.25, -0.2) is 0 Å². The van der Waals surface area contributed by atoms with Crippen molar-refractivity contribution in [2.45, 2.75) is 60.9 Å². The van der Waals surface area contributed by atoms with Gasteiger partial charge in [0.25, 0.3) is 0 Å². The van der Waals surface area contributed by atoms with E-state index in [1.54, 1.807) is 0 Å². The SMILES string of the molecule is CC[C@@H]1C2N/C(=C\c3[nH]c(c(C)c3C)/C=c3\[nH]/c(c(C)c3C)=C\c3[nH]c4c(c3C)=C(O)[C@H](C(=O)OC)C=42)[C@H]1C. The Morgan fingerprint density at radius 3 is 2.05 bits per heavy atom. The molecule has 0 saturated carbocycles. The zero-order valence-electron chi connectivity index (χ0n) is 24.0. The van der Waals surface area contributed by atoms with E-state index in [4.69, 9.17) is 4.74 Å². The molecule has 0 radical (unpaired) electrons. The monoisotopic (exact) mass is 526 g/mol. The highest BCUT2D eigenvalue weighted by Gasteiger charge is 2.46. The van der Waals surface area contributed by atoms with Crippen molar-refractivity contribution < 1.29 is 14.6 Å².